The number of pyridine rings is 2. The topological polar surface area (TPSA) is 273 Å². The molecule has 2 aromatic carbocycles. The second-order valence-electron chi connectivity index (χ2n) is 15.5. The van der Waals surface area contributed by atoms with Crippen molar-refractivity contribution >= 4 is 45.4 Å². The Morgan fingerprint density at radius 1 is 0.676 bits per heavy atom. The number of halogens is 2. The lowest BCUT2D eigenvalue weighted by Crippen LogP contribution is -2.26. The average Bonchev–Trinajstić information content (AvgIpc) is 4.20. The zero-order valence-electron chi connectivity index (χ0n) is 35.3. The number of cyclic esters (lactones) is 2. The largest absolute Gasteiger partial charge is 0.442 e. The standard InChI is InChI=1S/C21H19FN6O7S.C21H19FN6O4/c22-18-7-14(28-11-16(34-21(28)29)10-27-6-5-24-26-27)2-3-17(18)13-1-4-19(23-9-13)20-8-15(35-25-20)12-33-36(30,31)32;22-18-7-14(28-11-16(31-21(28)30)10-27-6-5-24-26-27)2-3-17(18)13-1-4-19(23-9-13)20-8-15(12-29)32-25-20/h1-7,9,15-16H,8,10-12H2,(H,30,31,32);1-7,9,15-16,29H,8,10-12H2/t2*15-,16-/m00/s1. The minimum Gasteiger partial charge on any atom is -0.442 e. The highest BCUT2D eigenvalue weighted by atomic mass is 32.3. The van der Waals surface area contributed by atoms with Crippen molar-refractivity contribution in [1.82, 2.24) is 40.0 Å². The molecule has 2 amide bonds. The van der Waals surface area contributed by atoms with Gasteiger partial charge in [0.1, 0.15) is 41.9 Å². The zero-order valence-corrected chi connectivity index (χ0v) is 36.1. The van der Waals surface area contributed by atoms with Crippen LogP contribution in [0.2, 0.25) is 0 Å². The minimum absolute atomic E-state index is 0.117. The lowest BCUT2D eigenvalue weighted by Gasteiger charge is -2.14. The molecule has 0 unspecified atom stereocenters. The van der Waals surface area contributed by atoms with Gasteiger partial charge in [0.05, 0.1) is 67.9 Å². The maximum Gasteiger partial charge on any atom is 0.414 e. The summed E-state index contributed by atoms with van der Waals surface area (Å²) in [4.78, 5) is 46.2. The van der Waals surface area contributed by atoms with E-state index in [4.69, 9.17) is 28.8 Å². The molecular formula is C42H38F2N12O11S. The number of aliphatic hydroxyl groups is 1. The first-order valence-electron chi connectivity index (χ1n) is 20.7. The first-order chi connectivity index (χ1) is 32.8. The normalized spacial score (nSPS) is 20.0. The molecule has 10 rings (SSSR count). The van der Waals surface area contributed by atoms with Crippen molar-refractivity contribution in [3.63, 3.8) is 0 Å². The van der Waals surface area contributed by atoms with E-state index in [2.05, 4.69) is 45.1 Å². The van der Waals surface area contributed by atoms with Gasteiger partial charge in [-0.1, -0.05) is 32.9 Å². The van der Waals surface area contributed by atoms with Crippen LogP contribution in [0.25, 0.3) is 22.3 Å². The first-order valence-corrected chi connectivity index (χ1v) is 22.1. The van der Waals surface area contributed by atoms with Crippen LogP contribution in [0.15, 0.2) is 108 Å². The minimum atomic E-state index is -4.58. The average molecular weight is 957 g/mol. The van der Waals surface area contributed by atoms with Gasteiger partial charge < -0.3 is 24.3 Å². The van der Waals surface area contributed by atoms with Gasteiger partial charge in [0, 0.05) is 59.9 Å². The maximum absolute atomic E-state index is 15.0. The van der Waals surface area contributed by atoms with Crippen molar-refractivity contribution in [3.8, 4) is 22.3 Å². The van der Waals surface area contributed by atoms with E-state index in [9.17, 15) is 26.8 Å². The fourth-order valence-electron chi connectivity index (χ4n) is 7.50. The summed E-state index contributed by atoms with van der Waals surface area (Å²) >= 11 is 0. The number of carbonyl (C=O) groups is 2. The third-order valence-corrected chi connectivity index (χ3v) is 11.2. The van der Waals surface area contributed by atoms with E-state index >= 15 is 0 Å². The van der Waals surface area contributed by atoms with Gasteiger partial charge in [0.25, 0.3) is 0 Å². The summed E-state index contributed by atoms with van der Waals surface area (Å²) in [5.41, 5.74) is 4.67. The second kappa shape index (κ2) is 19.6. The summed E-state index contributed by atoms with van der Waals surface area (Å²) in [5, 5.41) is 32.1. The highest BCUT2D eigenvalue weighted by Crippen LogP contribution is 2.32. The molecule has 68 heavy (non-hydrogen) atoms. The molecule has 8 heterocycles. The Bertz CT molecular complexity index is 2950. The van der Waals surface area contributed by atoms with E-state index < -0.39 is 59.1 Å². The molecule has 6 aromatic rings. The summed E-state index contributed by atoms with van der Waals surface area (Å²) in [6.45, 7) is 0.726. The summed E-state index contributed by atoms with van der Waals surface area (Å²) in [6.07, 6.45) is 7.12. The van der Waals surface area contributed by atoms with Crippen LogP contribution >= 0.6 is 0 Å². The van der Waals surface area contributed by atoms with Crippen LogP contribution in [0.3, 0.4) is 0 Å². The summed E-state index contributed by atoms with van der Waals surface area (Å²) in [5.74, 6) is -1.02. The van der Waals surface area contributed by atoms with E-state index in [1.165, 1.54) is 34.3 Å². The molecule has 4 aliphatic heterocycles. The molecule has 0 aliphatic carbocycles. The van der Waals surface area contributed by atoms with Gasteiger partial charge in [-0.15, -0.1) is 10.2 Å². The van der Waals surface area contributed by atoms with Gasteiger partial charge in [-0.25, -0.2) is 31.9 Å². The molecule has 2 N–H and O–H groups in total. The molecule has 2 saturated heterocycles. The quantitative estimate of drug-likeness (QED) is 0.147. The number of carbonyl (C=O) groups excluding carboxylic acids is 2. The van der Waals surface area contributed by atoms with Gasteiger partial charge in [0.2, 0.25) is 0 Å². The van der Waals surface area contributed by atoms with E-state index in [0.717, 1.165) is 0 Å². The first kappa shape index (κ1) is 45.4. The zero-order chi connectivity index (χ0) is 47.4. The van der Waals surface area contributed by atoms with Crippen molar-refractivity contribution in [1.29, 1.82) is 0 Å². The maximum atomic E-state index is 15.0. The van der Waals surface area contributed by atoms with Crippen LogP contribution in [0, 0.1) is 11.6 Å². The molecule has 352 valence electrons. The number of hydrogen-bond acceptors (Lipinski definition) is 18. The number of nitrogens with zero attached hydrogens (tertiary/aromatic N) is 12. The number of aromatic nitrogens is 8. The van der Waals surface area contributed by atoms with Crippen molar-refractivity contribution < 1.29 is 59.8 Å². The number of hydrogen-bond donors (Lipinski definition) is 2. The Morgan fingerprint density at radius 3 is 1.56 bits per heavy atom. The molecule has 2 fully saturated rings. The van der Waals surface area contributed by atoms with Gasteiger partial charge in [-0.3, -0.25) is 24.3 Å². The van der Waals surface area contributed by atoms with E-state index in [0.29, 0.717) is 70.4 Å². The van der Waals surface area contributed by atoms with Gasteiger partial charge >= 0.3 is 22.6 Å². The number of ether oxygens (including phenoxy) is 2. The molecule has 23 nitrogen and oxygen atoms in total. The lowest BCUT2D eigenvalue weighted by molar-refractivity contribution is 0.0390. The Labute approximate surface area is 384 Å². The molecule has 0 spiro atoms. The second-order valence-corrected chi connectivity index (χ2v) is 16.6. The molecule has 4 atom stereocenters. The summed E-state index contributed by atoms with van der Waals surface area (Å²) in [7, 11) is -4.58. The number of aliphatic hydroxyl groups excluding tert-OH is 1. The third-order valence-electron chi connectivity index (χ3n) is 10.8. The Hall–Kier alpha value is -7.81. The highest BCUT2D eigenvalue weighted by Gasteiger charge is 2.35. The molecular weight excluding hydrogens is 919 g/mol. The predicted molar refractivity (Wildman–Crippen MR) is 231 cm³/mol. The molecule has 26 heteroatoms. The molecule has 4 aromatic heterocycles. The monoisotopic (exact) mass is 956 g/mol. The van der Waals surface area contributed by atoms with Crippen LogP contribution < -0.4 is 9.80 Å². The van der Waals surface area contributed by atoms with Crippen molar-refractivity contribution in [2.45, 2.75) is 50.3 Å². The number of rotatable bonds is 14. The van der Waals surface area contributed by atoms with Crippen LogP contribution in [-0.4, -0.2) is 132 Å². The molecule has 0 radical (unpaired) electrons. The van der Waals surface area contributed by atoms with Crippen molar-refractivity contribution in [3.05, 3.63) is 121 Å². The molecule has 0 saturated carbocycles. The Kier molecular flexibility index (Phi) is 13.1. The number of oxime groups is 2. The number of anilines is 2. The fraction of sp³-hybridized carbons (Fsp3) is 0.286. The summed E-state index contributed by atoms with van der Waals surface area (Å²) in [6, 6.07) is 15.8. The van der Waals surface area contributed by atoms with Crippen LogP contribution in [0.1, 0.15) is 24.2 Å². The van der Waals surface area contributed by atoms with E-state index in [-0.39, 0.29) is 37.8 Å². The predicted octanol–water partition coefficient (Wildman–Crippen LogP) is 3.81. The number of amides is 2. The van der Waals surface area contributed by atoms with Crippen molar-refractivity contribution in [2.24, 2.45) is 10.3 Å². The highest BCUT2D eigenvalue weighted by molar-refractivity contribution is 7.80. The third kappa shape index (κ3) is 10.6. The van der Waals surface area contributed by atoms with Gasteiger partial charge in [-0.05, 0) is 48.5 Å². The van der Waals surface area contributed by atoms with Gasteiger partial charge in [0.15, 0.2) is 12.2 Å². The molecule has 0 bridgehead atoms. The van der Waals surface area contributed by atoms with E-state index in [1.807, 2.05) is 0 Å². The van der Waals surface area contributed by atoms with Gasteiger partial charge in [-0.2, -0.15) is 8.42 Å². The summed E-state index contributed by atoms with van der Waals surface area (Å²) < 4.78 is 78.1. The smallest absolute Gasteiger partial charge is 0.414 e. The van der Waals surface area contributed by atoms with Crippen molar-refractivity contribution in [2.75, 3.05) is 36.1 Å². The van der Waals surface area contributed by atoms with Crippen LogP contribution in [0.4, 0.5) is 29.7 Å². The molecule has 4 aliphatic rings. The number of benzene rings is 2. The fourth-order valence-corrected chi connectivity index (χ4v) is 7.82. The Balaban J connectivity index is 0.000000171. The lowest BCUT2D eigenvalue weighted by atomic mass is 10.0. The van der Waals surface area contributed by atoms with E-state index in [1.54, 1.807) is 82.7 Å². The Morgan fingerprint density at radius 2 is 1.16 bits per heavy atom. The SMILES string of the molecule is O=C1O[C@@H](Cn2ccnn2)CN1c1ccc(-c2ccc(C3=NO[C@H](CO)C3)nc2)c(F)c1.O=C1O[C@@H](Cn2ccnn2)CN1c1ccc(-c2ccc(C3=NO[C@H](COS(=O)(=O)O)C3)nc2)c(F)c1. The van der Waals surface area contributed by atoms with Crippen LogP contribution in [0.5, 0.6) is 0 Å². The van der Waals surface area contributed by atoms with Crippen LogP contribution in [-0.2, 0) is 46.8 Å².